The Morgan fingerprint density at radius 3 is 2.03 bits per heavy atom. The van der Waals surface area contributed by atoms with Gasteiger partial charge in [-0.1, -0.05) is 30.3 Å². The summed E-state index contributed by atoms with van der Waals surface area (Å²) in [6, 6.07) is 15.2. The molecule has 0 unspecified atom stereocenters. The third kappa shape index (κ3) is 3.97. The lowest BCUT2D eigenvalue weighted by atomic mass is 10.1. The van der Waals surface area contributed by atoms with Crippen molar-refractivity contribution < 1.29 is 8.42 Å². The van der Waals surface area contributed by atoms with Gasteiger partial charge in [0, 0.05) is 45.3 Å². The number of piperazine rings is 1. The van der Waals surface area contributed by atoms with Crippen LogP contribution in [0.3, 0.4) is 0 Å². The van der Waals surface area contributed by atoms with Crippen LogP contribution >= 0.6 is 0 Å². The molecule has 0 radical (unpaired) electrons. The number of nitrogens with zero attached hydrogens (tertiary/aromatic N) is 5. The summed E-state index contributed by atoms with van der Waals surface area (Å²) < 4.78 is 28.0. The first-order valence-corrected chi connectivity index (χ1v) is 12.3. The normalized spacial score (nSPS) is 18.1. The van der Waals surface area contributed by atoms with E-state index in [1.54, 1.807) is 16.4 Å². The molecule has 162 valence electrons. The molecule has 0 amide bonds. The van der Waals surface area contributed by atoms with Crippen LogP contribution in [0.1, 0.15) is 18.7 Å². The Hall–Kier alpha value is -2.71. The molecule has 0 spiro atoms. The summed E-state index contributed by atoms with van der Waals surface area (Å²) in [6.07, 6.45) is 2.40. The van der Waals surface area contributed by atoms with Crippen LogP contribution in [0.15, 0.2) is 53.4 Å². The number of aryl methyl sites for hydroxylation is 1. The minimum Gasteiger partial charge on any atom is -0.356 e. The second-order valence-electron chi connectivity index (χ2n) is 8.23. The zero-order valence-corrected chi connectivity index (χ0v) is 18.6. The molecule has 5 rings (SSSR count). The fourth-order valence-electron chi connectivity index (χ4n) is 4.44. The molecule has 0 atom stereocenters. The van der Waals surface area contributed by atoms with Crippen LogP contribution < -0.4 is 9.80 Å². The number of rotatable bonds is 4. The highest BCUT2D eigenvalue weighted by Gasteiger charge is 2.29. The Balaban J connectivity index is 1.32. The highest BCUT2D eigenvalue weighted by molar-refractivity contribution is 7.89. The predicted molar refractivity (Wildman–Crippen MR) is 123 cm³/mol. The van der Waals surface area contributed by atoms with Crippen molar-refractivity contribution in [3.05, 3.63) is 54.4 Å². The SMILES string of the molecule is Cc1nc(N2CCCC2)cc(N2CCN(S(=O)(=O)c3ccc4ccccc4c3)CC2)n1. The monoisotopic (exact) mass is 437 g/mol. The van der Waals surface area contributed by atoms with E-state index >= 15 is 0 Å². The first-order chi connectivity index (χ1) is 15.0. The number of fused-ring (bicyclic) bond motifs is 1. The van der Waals surface area contributed by atoms with Crippen LogP contribution in [-0.4, -0.2) is 62.0 Å². The van der Waals surface area contributed by atoms with Gasteiger partial charge < -0.3 is 9.80 Å². The van der Waals surface area contributed by atoms with Crippen molar-refractivity contribution in [2.75, 3.05) is 49.1 Å². The van der Waals surface area contributed by atoms with Gasteiger partial charge in [0.15, 0.2) is 0 Å². The van der Waals surface area contributed by atoms with Crippen molar-refractivity contribution in [2.45, 2.75) is 24.7 Å². The van der Waals surface area contributed by atoms with Gasteiger partial charge in [-0.15, -0.1) is 0 Å². The summed E-state index contributed by atoms with van der Waals surface area (Å²) in [5.41, 5.74) is 0. The van der Waals surface area contributed by atoms with E-state index in [9.17, 15) is 8.42 Å². The Morgan fingerprint density at radius 1 is 0.742 bits per heavy atom. The molecule has 31 heavy (non-hydrogen) atoms. The minimum atomic E-state index is -3.52. The highest BCUT2D eigenvalue weighted by atomic mass is 32.2. The quantitative estimate of drug-likeness (QED) is 0.625. The van der Waals surface area contributed by atoms with E-state index in [1.165, 1.54) is 12.8 Å². The van der Waals surface area contributed by atoms with Crippen LogP contribution in [0, 0.1) is 6.92 Å². The van der Waals surface area contributed by atoms with Crippen molar-refractivity contribution in [3.63, 3.8) is 0 Å². The van der Waals surface area contributed by atoms with Gasteiger partial charge in [-0.3, -0.25) is 0 Å². The molecule has 0 aliphatic carbocycles. The smallest absolute Gasteiger partial charge is 0.243 e. The summed E-state index contributed by atoms with van der Waals surface area (Å²) >= 11 is 0. The number of aromatic nitrogens is 2. The molecule has 0 saturated carbocycles. The molecule has 2 fully saturated rings. The van der Waals surface area contributed by atoms with E-state index in [-0.39, 0.29) is 0 Å². The minimum absolute atomic E-state index is 0.355. The zero-order valence-electron chi connectivity index (χ0n) is 17.7. The lowest BCUT2D eigenvalue weighted by Gasteiger charge is -2.35. The standard InChI is InChI=1S/C23H27N5O2S/c1-18-24-22(26-10-4-5-11-26)17-23(25-18)27-12-14-28(15-13-27)31(29,30)21-9-8-19-6-2-3-7-20(19)16-21/h2-3,6-9,16-17H,4-5,10-15H2,1H3. The van der Waals surface area contributed by atoms with Crippen molar-refractivity contribution in [1.82, 2.24) is 14.3 Å². The molecular formula is C23H27N5O2S. The number of sulfonamides is 1. The molecule has 8 heteroatoms. The van der Waals surface area contributed by atoms with Crippen molar-refractivity contribution in [1.29, 1.82) is 0 Å². The summed E-state index contributed by atoms with van der Waals surface area (Å²) in [5.74, 6) is 2.62. The maximum absolute atomic E-state index is 13.2. The summed E-state index contributed by atoms with van der Waals surface area (Å²) in [7, 11) is -3.52. The summed E-state index contributed by atoms with van der Waals surface area (Å²) in [5, 5.41) is 1.98. The van der Waals surface area contributed by atoms with E-state index in [4.69, 9.17) is 0 Å². The molecule has 3 heterocycles. The van der Waals surface area contributed by atoms with Crippen LogP contribution in [0.4, 0.5) is 11.6 Å². The molecule has 2 saturated heterocycles. The molecule has 2 aliphatic heterocycles. The van der Waals surface area contributed by atoms with Crippen LogP contribution in [-0.2, 0) is 10.0 Å². The van der Waals surface area contributed by atoms with E-state index in [0.29, 0.717) is 31.1 Å². The zero-order chi connectivity index (χ0) is 21.4. The molecule has 7 nitrogen and oxygen atoms in total. The molecule has 3 aromatic rings. The van der Waals surface area contributed by atoms with Crippen molar-refractivity contribution >= 4 is 32.4 Å². The molecule has 0 bridgehead atoms. The van der Waals surface area contributed by atoms with E-state index < -0.39 is 10.0 Å². The van der Waals surface area contributed by atoms with Gasteiger partial charge in [-0.05, 0) is 42.7 Å². The molecule has 1 aromatic heterocycles. The predicted octanol–water partition coefficient (Wildman–Crippen LogP) is 3.05. The Morgan fingerprint density at radius 2 is 1.35 bits per heavy atom. The molecule has 2 aromatic carbocycles. The first-order valence-electron chi connectivity index (χ1n) is 10.9. The van der Waals surface area contributed by atoms with Gasteiger partial charge in [0.2, 0.25) is 10.0 Å². The number of hydrogen-bond acceptors (Lipinski definition) is 6. The third-order valence-corrected chi connectivity index (χ3v) is 8.06. The average molecular weight is 438 g/mol. The van der Waals surface area contributed by atoms with Gasteiger partial charge in [0.1, 0.15) is 17.5 Å². The highest BCUT2D eigenvalue weighted by Crippen LogP contribution is 2.26. The van der Waals surface area contributed by atoms with E-state index in [2.05, 4.69) is 19.8 Å². The van der Waals surface area contributed by atoms with Crippen LogP contribution in [0.5, 0.6) is 0 Å². The van der Waals surface area contributed by atoms with Crippen LogP contribution in [0.2, 0.25) is 0 Å². The molecule has 2 aliphatic rings. The topological polar surface area (TPSA) is 69.6 Å². The second-order valence-corrected chi connectivity index (χ2v) is 10.2. The second kappa shape index (κ2) is 8.09. The molecule has 0 N–H and O–H groups in total. The first kappa shape index (κ1) is 20.2. The largest absolute Gasteiger partial charge is 0.356 e. The summed E-state index contributed by atoms with van der Waals surface area (Å²) in [4.78, 5) is 14.1. The maximum atomic E-state index is 13.2. The Labute approximate surface area is 183 Å². The number of benzene rings is 2. The van der Waals surface area contributed by atoms with Crippen molar-refractivity contribution in [3.8, 4) is 0 Å². The fraction of sp³-hybridized carbons (Fsp3) is 0.391. The van der Waals surface area contributed by atoms with Crippen LogP contribution in [0.25, 0.3) is 10.8 Å². The fourth-order valence-corrected chi connectivity index (χ4v) is 5.90. The van der Waals surface area contributed by atoms with E-state index in [0.717, 1.165) is 41.3 Å². The van der Waals surface area contributed by atoms with Gasteiger partial charge in [0.25, 0.3) is 0 Å². The average Bonchev–Trinajstić information content (AvgIpc) is 3.33. The third-order valence-electron chi connectivity index (χ3n) is 6.16. The Bertz CT molecular complexity index is 1200. The van der Waals surface area contributed by atoms with Gasteiger partial charge in [-0.25, -0.2) is 18.4 Å². The Kier molecular flexibility index (Phi) is 5.27. The summed E-state index contributed by atoms with van der Waals surface area (Å²) in [6.45, 7) is 6.10. The van der Waals surface area contributed by atoms with Crippen molar-refractivity contribution in [2.24, 2.45) is 0 Å². The lowest BCUT2D eigenvalue weighted by Crippen LogP contribution is -2.49. The van der Waals surface area contributed by atoms with E-state index in [1.807, 2.05) is 43.3 Å². The van der Waals surface area contributed by atoms with Gasteiger partial charge in [-0.2, -0.15) is 4.31 Å². The van der Waals surface area contributed by atoms with Gasteiger partial charge in [0.05, 0.1) is 4.90 Å². The number of hydrogen-bond donors (Lipinski definition) is 0. The molecular weight excluding hydrogens is 410 g/mol. The maximum Gasteiger partial charge on any atom is 0.243 e. The van der Waals surface area contributed by atoms with Gasteiger partial charge >= 0.3 is 0 Å². The lowest BCUT2D eigenvalue weighted by molar-refractivity contribution is 0.383. The number of anilines is 2.